The Morgan fingerprint density at radius 1 is 0.968 bits per heavy atom. The summed E-state index contributed by atoms with van der Waals surface area (Å²) in [4.78, 5) is 13.0. The molecule has 3 aromatic carbocycles. The van der Waals surface area contributed by atoms with E-state index < -0.39 is 27.6 Å². The van der Waals surface area contributed by atoms with Crippen LogP contribution in [0.5, 0.6) is 0 Å². The molecule has 0 saturated heterocycles. The molecule has 0 aliphatic rings. The molecule has 0 saturated carbocycles. The highest BCUT2D eigenvalue weighted by Crippen LogP contribution is 2.31. The second-order valence-corrected chi connectivity index (χ2v) is 9.19. The lowest BCUT2D eigenvalue weighted by Gasteiger charge is -2.35. The number of aryl methyl sites for hydroxylation is 1. The average Bonchev–Trinajstić information content (AvgIpc) is 2.78. The van der Waals surface area contributed by atoms with E-state index in [1.54, 1.807) is 36.4 Å². The van der Waals surface area contributed by atoms with Crippen LogP contribution in [0, 0.1) is 6.92 Å². The largest absolute Gasteiger partial charge is 0.468 e. The van der Waals surface area contributed by atoms with Gasteiger partial charge in [0.25, 0.3) is 0 Å². The summed E-state index contributed by atoms with van der Waals surface area (Å²) in [5, 5.41) is 0. The first-order chi connectivity index (χ1) is 14.8. The van der Waals surface area contributed by atoms with Crippen molar-refractivity contribution >= 4 is 16.0 Å². The van der Waals surface area contributed by atoms with Crippen molar-refractivity contribution in [3.63, 3.8) is 0 Å². The van der Waals surface area contributed by atoms with E-state index in [1.807, 2.05) is 43.3 Å². The molecular weight excluding hydrogens is 412 g/mol. The number of carbonyl (C=O) groups is 1. The Bertz CT molecular complexity index is 1120. The Hall–Kier alpha value is -3.00. The lowest BCUT2D eigenvalue weighted by Crippen LogP contribution is -2.60. The van der Waals surface area contributed by atoms with Crippen molar-refractivity contribution in [2.24, 2.45) is 5.73 Å². The summed E-state index contributed by atoms with van der Waals surface area (Å²) in [6, 6.07) is 23.4. The van der Waals surface area contributed by atoms with E-state index in [-0.39, 0.29) is 11.3 Å². The summed E-state index contributed by atoms with van der Waals surface area (Å²) in [6.45, 7) is 1.87. The van der Waals surface area contributed by atoms with Crippen LogP contribution in [-0.4, -0.2) is 27.0 Å². The number of rotatable bonds is 8. The zero-order chi connectivity index (χ0) is 22.5. The molecule has 3 rings (SSSR count). The van der Waals surface area contributed by atoms with Crippen LogP contribution in [0.2, 0.25) is 0 Å². The standard InChI is InChI=1S/C24H26N2O4S/c1-18-13-15-21(16-14-18)31(28,29)26-22(20-11-7-4-8-12-20)24(25,23(27)30-2)17-19-9-5-3-6-10-19/h3-16,22,26H,17,25H2,1-2H3/t22-,24-/m1/s1. The third-order valence-corrected chi connectivity index (χ3v) is 6.60. The smallest absolute Gasteiger partial charge is 0.328 e. The number of hydrogen-bond donors (Lipinski definition) is 2. The van der Waals surface area contributed by atoms with Crippen LogP contribution in [-0.2, 0) is 26.0 Å². The number of sulfonamides is 1. The molecule has 7 heteroatoms. The van der Waals surface area contributed by atoms with Crippen LogP contribution < -0.4 is 10.5 Å². The molecule has 2 atom stereocenters. The molecule has 0 fully saturated rings. The monoisotopic (exact) mass is 438 g/mol. The molecule has 0 unspecified atom stereocenters. The summed E-state index contributed by atoms with van der Waals surface area (Å²) in [5.41, 5.74) is 7.26. The first-order valence-electron chi connectivity index (χ1n) is 9.81. The molecule has 0 bridgehead atoms. The van der Waals surface area contributed by atoms with Crippen LogP contribution in [0.3, 0.4) is 0 Å². The number of benzene rings is 3. The quantitative estimate of drug-likeness (QED) is 0.527. The predicted octanol–water partition coefficient (Wildman–Crippen LogP) is 3.13. The molecule has 0 aliphatic carbocycles. The molecule has 3 N–H and O–H groups in total. The molecule has 0 radical (unpaired) electrons. The Balaban J connectivity index is 2.10. The van der Waals surface area contributed by atoms with E-state index in [9.17, 15) is 13.2 Å². The molecular formula is C24H26N2O4S. The van der Waals surface area contributed by atoms with Gasteiger partial charge in [0, 0.05) is 6.42 Å². The zero-order valence-corrected chi connectivity index (χ0v) is 18.3. The van der Waals surface area contributed by atoms with Crippen molar-refractivity contribution in [3.05, 3.63) is 102 Å². The first-order valence-corrected chi connectivity index (χ1v) is 11.3. The third kappa shape index (κ3) is 5.19. The highest BCUT2D eigenvalue weighted by molar-refractivity contribution is 7.89. The molecule has 0 heterocycles. The van der Waals surface area contributed by atoms with Crippen molar-refractivity contribution in [1.82, 2.24) is 4.72 Å². The van der Waals surface area contributed by atoms with Crippen molar-refractivity contribution in [2.45, 2.75) is 29.8 Å². The highest BCUT2D eigenvalue weighted by atomic mass is 32.2. The van der Waals surface area contributed by atoms with E-state index >= 15 is 0 Å². The maximum absolute atomic E-state index is 13.2. The van der Waals surface area contributed by atoms with Gasteiger partial charge in [0.05, 0.1) is 18.0 Å². The van der Waals surface area contributed by atoms with Crippen molar-refractivity contribution < 1.29 is 17.9 Å². The Morgan fingerprint density at radius 3 is 2.06 bits per heavy atom. The third-order valence-electron chi connectivity index (χ3n) is 5.16. The fourth-order valence-corrected chi connectivity index (χ4v) is 4.76. The summed E-state index contributed by atoms with van der Waals surface area (Å²) < 4.78 is 34.1. The summed E-state index contributed by atoms with van der Waals surface area (Å²) in [5.74, 6) is -0.711. The van der Waals surface area contributed by atoms with Crippen LogP contribution in [0.25, 0.3) is 0 Å². The van der Waals surface area contributed by atoms with E-state index in [1.165, 1.54) is 19.2 Å². The van der Waals surface area contributed by atoms with Crippen LogP contribution in [0.1, 0.15) is 22.7 Å². The van der Waals surface area contributed by atoms with Crippen LogP contribution in [0.4, 0.5) is 0 Å². The molecule has 6 nitrogen and oxygen atoms in total. The number of methoxy groups -OCH3 is 1. The van der Waals surface area contributed by atoms with Crippen molar-refractivity contribution in [2.75, 3.05) is 7.11 Å². The molecule has 162 valence electrons. The van der Waals surface area contributed by atoms with E-state index in [2.05, 4.69) is 4.72 Å². The summed E-state index contributed by atoms with van der Waals surface area (Å²) >= 11 is 0. The second kappa shape index (κ2) is 9.43. The van der Waals surface area contributed by atoms with Gasteiger partial charge in [0.2, 0.25) is 10.0 Å². The van der Waals surface area contributed by atoms with Crippen molar-refractivity contribution in [1.29, 1.82) is 0 Å². The van der Waals surface area contributed by atoms with Crippen LogP contribution in [0.15, 0.2) is 89.8 Å². The maximum atomic E-state index is 13.2. The van der Waals surface area contributed by atoms with Gasteiger partial charge in [-0.1, -0.05) is 78.4 Å². The van der Waals surface area contributed by atoms with Gasteiger partial charge < -0.3 is 10.5 Å². The van der Waals surface area contributed by atoms with Gasteiger partial charge in [-0.05, 0) is 30.2 Å². The van der Waals surface area contributed by atoms with E-state index in [4.69, 9.17) is 10.5 Å². The number of esters is 1. The minimum Gasteiger partial charge on any atom is -0.468 e. The highest BCUT2D eigenvalue weighted by Gasteiger charge is 2.46. The van der Waals surface area contributed by atoms with Crippen molar-refractivity contribution in [3.8, 4) is 0 Å². The number of ether oxygens (including phenoxy) is 1. The Morgan fingerprint density at radius 2 is 1.52 bits per heavy atom. The van der Waals surface area contributed by atoms with Gasteiger partial charge in [-0.2, -0.15) is 0 Å². The van der Waals surface area contributed by atoms with Gasteiger partial charge in [-0.3, -0.25) is 0 Å². The number of carbonyl (C=O) groups excluding carboxylic acids is 1. The van der Waals surface area contributed by atoms with E-state index in [0.717, 1.165) is 11.1 Å². The Kier molecular flexibility index (Phi) is 6.90. The summed E-state index contributed by atoms with van der Waals surface area (Å²) in [6.07, 6.45) is 0.0799. The first kappa shape index (κ1) is 22.7. The minimum atomic E-state index is -3.98. The molecule has 0 aromatic heterocycles. The van der Waals surface area contributed by atoms with E-state index in [0.29, 0.717) is 5.56 Å². The predicted molar refractivity (Wildman–Crippen MR) is 120 cm³/mol. The van der Waals surface area contributed by atoms with Crippen LogP contribution >= 0.6 is 0 Å². The minimum absolute atomic E-state index is 0.0799. The van der Waals surface area contributed by atoms with Gasteiger partial charge in [-0.25, -0.2) is 17.9 Å². The average molecular weight is 439 g/mol. The Labute approximate surface area is 183 Å². The van der Waals surface area contributed by atoms with Gasteiger partial charge >= 0.3 is 5.97 Å². The number of nitrogens with one attached hydrogen (secondary N) is 1. The molecule has 3 aromatic rings. The molecule has 0 spiro atoms. The fraction of sp³-hybridized carbons (Fsp3) is 0.208. The molecule has 31 heavy (non-hydrogen) atoms. The van der Waals surface area contributed by atoms with Gasteiger partial charge in [0.1, 0.15) is 5.54 Å². The fourth-order valence-electron chi connectivity index (χ4n) is 3.47. The summed E-state index contributed by atoms with van der Waals surface area (Å²) in [7, 11) is -2.74. The lowest BCUT2D eigenvalue weighted by atomic mass is 9.81. The lowest BCUT2D eigenvalue weighted by molar-refractivity contribution is -0.148. The number of hydrogen-bond acceptors (Lipinski definition) is 5. The van der Waals surface area contributed by atoms with Gasteiger partial charge in [0.15, 0.2) is 0 Å². The molecule has 0 amide bonds. The maximum Gasteiger partial charge on any atom is 0.328 e. The van der Waals surface area contributed by atoms with Gasteiger partial charge in [-0.15, -0.1) is 0 Å². The molecule has 0 aliphatic heterocycles. The number of nitrogens with two attached hydrogens (primary N) is 1. The topological polar surface area (TPSA) is 98.5 Å². The normalized spacial score (nSPS) is 14.4. The zero-order valence-electron chi connectivity index (χ0n) is 17.5. The second-order valence-electron chi connectivity index (χ2n) is 7.47. The SMILES string of the molecule is COC(=O)[C@@](N)(Cc1ccccc1)[C@H](NS(=O)(=O)c1ccc(C)cc1)c1ccccc1.